The zero-order chi connectivity index (χ0) is 21.1. The molecule has 3 heterocycles. The van der Waals surface area contributed by atoms with Crippen molar-refractivity contribution in [2.75, 3.05) is 0 Å². The number of thioether (sulfide) groups is 1. The lowest BCUT2D eigenvalue weighted by Crippen LogP contribution is -2.13. The number of halogens is 1. The molecule has 0 spiro atoms. The topological polar surface area (TPSA) is 74.3 Å². The molecule has 0 aliphatic heterocycles. The van der Waals surface area contributed by atoms with Gasteiger partial charge in [-0.25, -0.2) is 9.37 Å². The molecule has 0 saturated carbocycles. The Balaban J connectivity index is 1.53. The van der Waals surface area contributed by atoms with Crippen molar-refractivity contribution in [2.24, 2.45) is 0 Å². The summed E-state index contributed by atoms with van der Waals surface area (Å²) in [4.78, 5) is 17.3. The molecule has 1 atom stereocenters. The average Bonchev–Trinajstić information content (AvgIpc) is 3.36. The second kappa shape index (κ2) is 8.80. The van der Waals surface area contributed by atoms with Crippen LogP contribution in [0.2, 0.25) is 0 Å². The van der Waals surface area contributed by atoms with E-state index in [-0.39, 0.29) is 11.4 Å². The van der Waals surface area contributed by atoms with Gasteiger partial charge in [0.2, 0.25) is 0 Å². The summed E-state index contributed by atoms with van der Waals surface area (Å²) < 4.78 is 22.4. The molecule has 7 nitrogen and oxygen atoms in total. The van der Waals surface area contributed by atoms with Crippen LogP contribution in [0.1, 0.15) is 24.5 Å². The van der Waals surface area contributed by atoms with Crippen LogP contribution in [0.15, 0.2) is 64.5 Å². The van der Waals surface area contributed by atoms with Crippen molar-refractivity contribution in [3.63, 3.8) is 0 Å². The van der Waals surface area contributed by atoms with Gasteiger partial charge in [0, 0.05) is 29.9 Å². The molecule has 0 saturated heterocycles. The molecule has 0 aliphatic carbocycles. The van der Waals surface area contributed by atoms with Crippen LogP contribution in [0.4, 0.5) is 4.39 Å². The minimum Gasteiger partial charge on any atom is -0.483 e. The van der Waals surface area contributed by atoms with E-state index in [9.17, 15) is 9.18 Å². The van der Waals surface area contributed by atoms with Gasteiger partial charge in [-0.3, -0.25) is 13.8 Å². The minimum absolute atomic E-state index is 0.105. The number of aromatic nitrogens is 5. The van der Waals surface area contributed by atoms with Crippen molar-refractivity contribution in [2.45, 2.75) is 30.5 Å². The molecule has 10 heteroatoms. The standard InChI is InChI=1S/C20H18FN5O2S2/c1-3-8-26-18(13(2)28-16-6-4-14(21)5-7-16)23-24-20(26)30-12-15-11-17(27)25-9-10-29-19(25)22-15/h3-7,9-11,13H,1,8,12H2,2H3. The van der Waals surface area contributed by atoms with E-state index < -0.39 is 6.10 Å². The van der Waals surface area contributed by atoms with Crippen molar-refractivity contribution in [3.05, 3.63) is 82.3 Å². The molecule has 3 aromatic heterocycles. The molecule has 4 aromatic rings. The largest absolute Gasteiger partial charge is 0.483 e. The molecule has 1 aromatic carbocycles. The van der Waals surface area contributed by atoms with Crippen molar-refractivity contribution in [1.82, 2.24) is 24.1 Å². The van der Waals surface area contributed by atoms with E-state index in [4.69, 9.17) is 4.74 Å². The van der Waals surface area contributed by atoms with E-state index in [1.54, 1.807) is 24.4 Å². The number of allylic oxidation sites excluding steroid dienone is 1. The minimum atomic E-state index is -0.400. The monoisotopic (exact) mass is 443 g/mol. The van der Waals surface area contributed by atoms with Gasteiger partial charge in [-0.05, 0) is 31.2 Å². The normalized spacial score (nSPS) is 12.2. The van der Waals surface area contributed by atoms with Gasteiger partial charge in [0.1, 0.15) is 11.6 Å². The first-order valence-corrected chi connectivity index (χ1v) is 11.0. The van der Waals surface area contributed by atoms with E-state index in [1.807, 2.05) is 16.9 Å². The van der Waals surface area contributed by atoms with Crippen molar-refractivity contribution < 1.29 is 9.13 Å². The lowest BCUT2D eigenvalue weighted by Gasteiger charge is -2.15. The Morgan fingerprint density at radius 3 is 2.90 bits per heavy atom. The Morgan fingerprint density at radius 2 is 2.13 bits per heavy atom. The molecule has 4 rings (SSSR count). The summed E-state index contributed by atoms with van der Waals surface area (Å²) in [6, 6.07) is 7.36. The first-order valence-electron chi connectivity index (χ1n) is 9.10. The summed E-state index contributed by atoms with van der Waals surface area (Å²) in [5, 5.41) is 11.1. The Kier molecular flexibility index (Phi) is 5.96. The first kappa shape index (κ1) is 20.3. The van der Waals surface area contributed by atoms with Crippen LogP contribution in [0.3, 0.4) is 0 Å². The summed E-state index contributed by atoms with van der Waals surface area (Å²) in [5.41, 5.74) is 0.573. The molecular weight excluding hydrogens is 425 g/mol. The van der Waals surface area contributed by atoms with E-state index in [1.165, 1.54) is 45.7 Å². The number of rotatable bonds is 8. The Hall–Kier alpha value is -2.98. The van der Waals surface area contributed by atoms with Gasteiger partial charge in [0.25, 0.3) is 5.56 Å². The third-order valence-electron chi connectivity index (χ3n) is 4.25. The van der Waals surface area contributed by atoms with Crippen molar-refractivity contribution >= 4 is 28.1 Å². The first-order chi connectivity index (χ1) is 14.5. The van der Waals surface area contributed by atoms with E-state index >= 15 is 0 Å². The van der Waals surface area contributed by atoms with Gasteiger partial charge < -0.3 is 4.74 Å². The predicted octanol–water partition coefficient (Wildman–Crippen LogP) is 4.10. The fourth-order valence-corrected chi connectivity index (χ4v) is 4.46. The van der Waals surface area contributed by atoms with Crippen LogP contribution in [0.5, 0.6) is 5.75 Å². The number of ether oxygens (including phenoxy) is 1. The highest BCUT2D eigenvalue weighted by atomic mass is 32.2. The lowest BCUT2D eigenvalue weighted by atomic mass is 10.3. The predicted molar refractivity (Wildman–Crippen MR) is 115 cm³/mol. The van der Waals surface area contributed by atoms with Crippen LogP contribution in [0, 0.1) is 5.82 Å². The molecular formula is C20H18FN5O2S2. The number of hydrogen-bond acceptors (Lipinski definition) is 7. The maximum absolute atomic E-state index is 13.1. The van der Waals surface area contributed by atoms with Crippen molar-refractivity contribution in [3.8, 4) is 5.75 Å². The molecule has 0 aliphatic rings. The average molecular weight is 444 g/mol. The van der Waals surface area contributed by atoms with E-state index in [0.29, 0.717) is 39.7 Å². The molecule has 0 amide bonds. The van der Waals surface area contributed by atoms with Crippen LogP contribution >= 0.6 is 23.1 Å². The fraction of sp³-hybridized carbons (Fsp3) is 0.200. The second-order valence-electron chi connectivity index (χ2n) is 6.38. The zero-order valence-corrected chi connectivity index (χ0v) is 17.7. The third-order valence-corrected chi connectivity index (χ3v) is 6.01. The zero-order valence-electron chi connectivity index (χ0n) is 16.1. The summed E-state index contributed by atoms with van der Waals surface area (Å²) in [6.45, 7) is 6.16. The molecule has 0 bridgehead atoms. The van der Waals surface area contributed by atoms with Gasteiger partial charge in [0.05, 0.1) is 5.69 Å². The van der Waals surface area contributed by atoms with Gasteiger partial charge in [0.15, 0.2) is 22.0 Å². The van der Waals surface area contributed by atoms with Gasteiger partial charge >= 0.3 is 0 Å². The number of thiazole rings is 1. The quantitative estimate of drug-likeness (QED) is 0.301. The molecule has 0 radical (unpaired) electrons. The molecule has 30 heavy (non-hydrogen) atoms. The summed E-state index contributed by atoms with van der Waals surface area (Å²) in [6.07, 6.45) is 3.06. The molecule has 0 N–H and O–H groups in total. The Labute approximate surface area is 179 Å². The van der Waals surface area contributed by atoms with E-state index in [0.717, 1.165) is 0 Å². The second-order valence-corrected chi connectivity index (χ2v) is 8.20. The Bertz CT molecular complexity index is 1230. The van der Waals surface area contributed by atoms with Gasteiger partial charge in [-0.15, -0.1) is 28.1 Å². The highest BCUT2D eigenvalue weighted by Gasteiger charge is 2.19. The number of benzene rings is 1. The SMILES string of the molecule is C=CCn1c(SCc2cc(=O)n3ccsc3n2)nnc1C(C)Oc1ccc(F)cc1. The molecule has 1 unspecified atom stereocenters. The van der Waals surface area contributed by atoms with Gasteiger partial charge in [-0.1, -0.05) is 17.8 Å². The van der Waals surface area contributed by atoms with E-state index in [2.05, 4.69) is 21.8 Å². The number of fused-ring (bicyclic) bond motifs is 1. The van der Waals surface area contributed by atoms with Crippen molar-refractivity contribution in [1.29, 1.82) is 0 Å². The number of nitrogens with zero attached hydrogens (tertiary/aromatic N) is 5. The maximum Gasteiger partial charge on any atom is 0.258 e. The number of hydrogen-bond donors (Lipinski definition) is 0. The van der Waals surface area contributed by atoms with Crippen LogP contribution in [-0.4, -0.2) is 24.1 Å². The smallest absolute Gasteiger partial charge is 0.258 e. The molecule has 154 valence electrons. The highest BCUT2D eigenvalue weighted by Crippen LogP contribution is 2.26. The van der Waals surface area contributed by atoms with Crippen LogP contribution in [0.25, 0.3) is 4.96 Å². The Morgan fingerprint density at radius 1 is 1.33 bits per heavy atom. The third kappa shape index (κ3) is 4.29. The van der Waals surface area contributed by atoms with Crippen LogP contribution < -0.4 is 10.3 Å². The lowest BCUT2D eigenvalue weighted by molar-refractivity contribution is 0.210. The summed E-state index contributed by atoms with van der Waals surface area (Å²) in [5.74, 6) is 1.33. The summed E-state index contributed by atoms with van der Waals surface area (Å²) in [7, 11) is 0. The maximum atomic E-state index is 13.1. The fourth-order valence-electron chi connectivity index (χ4n) is 2.88. The van der Waals surface area contributed by atoms with Crippen LogP contribution in [-0.2, 0) is 12.3 Å². The van der Waals surface area contributed by atoms with Gasteiger partial charge in [-0.2, -0.15) is 0 Å². The highest BCUT2D eigenvalue weighted by molar-refractivity contribution is 7.98. The molecule has 0 fully saturated rings. The summed E-state index contributed by atoms with van der Waals surface area (Å²) >= 11 is 2.85.